The van der Waals surface area contributed by atoms with Crippen molar-refractivity contribution in [1.82, 2.24) is 30.3 Å². The molecule has 5 heterocycles. The summed E-state index contributed by atoms with van der Waals surface area (Å²) in [5, 5.41) is 20.4. The first-order valence-electron chi connectivity index (χ1n) is 20.5. The Kier molecular flexibility index (Phi) is 11.1. The number of nitrogens with one attached hydrogen (secondary N) is 2. The van der Waals surface area contributed by atoms with E-state index in [1.165, 1.54) is 4.68 Å². The van der Waals surface area contributed by atoms with Crippen LogP contribution in [0.4, 0.5) is 15.8 Å². The number of anilines is 2. The molecule has 314 valence electrons. The Hall–Kier alpha value is -5.59. The molecule has 0 radical (unpaired) electrons. The Balaban J connectivity index is 0.808. The van der Waals surface area contributed by atoms with Crippen molar-refractivity contribution in [2.24, 2.45) is 16.7 Å². The predicted octanol–water partition coefficient (Wildman–Crippen LogP) is 5.08. The van der Waals surface area contributed by atoms with Crippen LogP contribution in [0.2, 0.25) is 5.02 Å². The molecule has 1 aliphatic carbocycles. The highest BCUT2D eigenvalue weighted by Gasteiger charge is 2.64. The summed E-state index contributed by atoms with van der Waals surface area (Å²) in [5.74, 6) is -0.932. The van der Waals surface area contributed by atoms with Crippen molar-refractivity contribution >= 4 is 51.5 Å². The molecule has 16 heteroatoms. The third-order valence-electron chi connectivity index (χ3n) is 13.0. The van der Waals surface area contributed by atoms with Gasteiger partial charge in [0.15, 0.2) is 0 Å². The predicted molar refractivity (Wildman–Crippen MR) is 225 cm³/mol. The molecule has 4 fully saturated rings. The number of nitrogens with zero attached hydrogens (tertiary/aromatic N) is 7. The average molecular weight is 838 g/mol. The number of piperidine rings is 2. The monoisotopic (exact) mass is 837 g/mol. The zero-order valence-corrected chi connectivity index (χ0v) is 35.0. The third kappa shape index (κ3) is 7.78. The fourth-order valence-corrected chi connectivity index (χ4v) is 10.2. The first-order chi connectivity index (χ1) is 28.6. The second kappa shape index (κ2) is 16.1. The Morgan fingerprint density at radius 2 is 1.70 bits per heavy atom. The van der Waals surface area contributed by atoms with E-state index in [0.29, 0.717) is 51.8 Å². The molecule has 14 nitrogen and oxygen atoms in total. The molecule has 2 aromatic carbocycles. The minimum Gasteiger partial charge on any atom is -0.489 e. The van der Waals surface area contributed by atoms with E-state index in [2.05, 4.69) is 30.5 Å². The number of hydrogen-bond acceptors (Lipinski definition) is 11. The maximum absolute atomic E-state index is 15.6. The molecule has 4 aliphatic rings. The van der Waals surface area contributed by atoms with Gasteiger partial charge in [-0.2, -0.15) is 14.8 Å². The zero-order chi connectivity index (χ0) is 42.5. The highest BCUT2D eigenvalue weighted by molar-refractivity contribution is 6.31. The number of piperazine rings is 1. The largest absolute Gasteiger partial charge is 0.489 e. The van der Waals surface area contributed by atoms with Gasteiger partial charge in [0, 0.05) is 86.2 Å². The Labute approximate surface area is 352 Å². The van der Waals surface area contributed by atoms with E-state index in [9.17, 15) is 24.4 Å². The van der Waals surface area contributed by atoms with E-state index in [1.54, 1.807) is 42.6 Å². The highest BCUT2D eigenvalue weighted by atomic mass is 35.5. The van der Waals surface area contributed by atoms with Gasteiger partial charge in [-0.25, -0.2) is 9.67 Å². The lowest BCUT2D eigenvalue weighted by Crippen LogP contribution is -2.74. The van der Waals surface area contributed by atoms with Crippen LogP contribution >= 0.6 is 11.6 Å². The van der Waals surface area contributed by atoms with Crippen LogP contribution in [-0.4, -0.2) is 95.3 Å². The second-order valence-electron chi connectivity index (χ2n) is 17.7. The van der Waals surface area contributed by atoms with E-state index in [0.717, 1.165) is 51.3 Å². The zero-order valence-electron chi connectivity index (χ0n) is 34.2. The molecule has 1 saturated carbocycles. The smallest absolute Gasteiger partial charge is 0.275 e. The Morgan fingerprint density at radius 3 is 2.37 bits per heavy atom. The van der Waals surface area contributed by atoms with Crippen molar-refractivity contribution in [3.63, 3.8) is 0 Å². The van der Waals surface area contributed by atoms with E-state index < -0.39 is 34.6 Å². The topological polar surface area (TPSA) is 166 Å². The van der Waals surface area contributed by atoms with Gasteiger partial charge in [0.2, 0.25) is 11.9 Å². The van der Waals surface area contributed by atoms with E-state index >= 15 is 4.39 Å². The first kappa shape index (κ1) is 41.2. The molecule has 0 spiro atoms. The molecule has 2 aromatic heterocycles. The van der Waals surface area contributed by atoms with Crippen LogP contribution < -0.4 is 30.7 Å². The van der Waals surface area contributed by atoms with Gasteiger partial charge in [0.1, 0.15) is 29.7 Å². The number of pyridine rings is 1. The SMILES string of the molecule is CC1(C)[C@H](NC(=O)c2ccc(N3CCC(CN4CCN(c5ccc6c(=O)n(C7CCC(=O)NC7=O)ncc6c5)CC4)CC3)c(F)n2)C(C)(C)[C@H]1Oc1ccc(C#N)c(Cl)c1. The summed E-state index contributed by atoms with van der Waals surface area (Å²) in [5.41, 5.74) is 0.510. The number of halogens is 2. The molecule has 3 amide bonds. The van der Waals surface area contributed by atoms with E-state index in [4.69, 9.17) is 16.3 Å². The summed E-state index contributed by atoms with van der Waals surface area (Å²) >= 11 is 6.23. The lowest BCUT2D eigenvalue weighted by Gasteiger charge is -2.63. The van der Waals surface area contributed by atoms with Crippen molar-refractivity contribution in [1.29, 1.82) is 5.26 Å². The molecule has 1 atom stereocenters. The Bertz CT molecular complexity index is 2440. The fourth-order valence-electron chi connectivity index (χ4n) is 9.99. The number of hydrogen-bond donors (Lipinski definition) is 2. The quantitative estimate of drug-likeness (QED) is 0.171. The summed E-state index contributed by atoms with van der Waals surface area (Å²) in [4.78, 5) is 61.5. The molecule has 2 N–H and O–H groups in total. The van der Waals surface area contributed by atoms with Crippen LogP contribution in [0.3, 0.4) is 0 Å². The lowest BCUT2D eigenvalue weighted by atomic mass is 9.49. The summed E-state index contributed by atoms with van der Waals surface area (Å²) < 4.78 is 23.1. The highest BCUT2D eigenvalue weighted by Crippen LogP contribution is 2.55. The number of rotatable bonds is 9. The van der Waals surface area contributed by atoms with E-state index in [-0.39, 0.29) is 42.1 Å². The van der Waals surface area contributed by atoms with Crippen molar-refractivity contribution in [3.05, 3.63) is 87.3 Å². The molecule has 3 saturated heterocycles. The molecule has 60 heavy (non-hydrogen) atoms. The van der Waals surface area contributed by atoms with Gasteiger partial charge in [-0.3, -0.25) is 29.4 Å². The van der Waals surface area contributed by atoms with E-state index in [1.807, 2.05) is 50.8 Å². The summed E-state index contributed by atoms with van der Waals surface area (Å²) in [6.45, 7) is 13.9. The molecule has 1 unspecified atom stereocenters. The van der Waals surface area contributed by atoms with Crippen LogP contribution in [0.15, 0.2) is 59.5 Å². The van der Waals surface area contributed by atoms with Crippen LogP contribution in [0.1, 0.15) is 75.5 Å². The summed E-state index contributed by atoms with van der Waals surface area (Å²) in [7, 11) is 0. The normalized spacial score (nSPS) is 23.1. The van der Waals surface area contributed by atoms with Crippen LogP contribution in [0, 0.1) is 34.0 Å². The number of fused-ring (bicyclic) bond motifs is 1. The van der Waals surface area contributed by atoms with Crippen molar-refractivity contribution in [3.8, 4) is 11.8 Å². The molecule has 8 rings (SSSR count). The van der Waals surface area contributed by atoms with Crippen molar-refractivity contribution in [2.75, 3.05) is 55.6 Å². The number of ether oxygens (including phenoxy) is 1. The lowest BCUT2D eigenvalue weighted by molar-refractivity contribution is -0.164. The molecular formula is C44H49ClFN9O5. The van der Waals surface area contributed by atoms with Gasteiger partial charge < -0.3 is 19.9 Å². The average Bonchev–Trinajstić information content (AvgIpc) is 3.22. The number of carbonyl (C=O) groups is 3. The van der Waals surface area contributed by atoms with Crippen LogP contribution in [-0.2, 0) is 9.59 Å². The standard InChI is InChI=1S/C44H49ClFN9O5/c1-43(2)41(44(3,4)42(43)60-30-7-5-27(23-47)32(45)22-30)51-38(57)33-9-10-34(37(46)49-33)54-15-13-26(14-16-54)25-52-17-19-53(20-18-52)29-6-8-31-28(21-29)24-48-55(40(31)59)35-11-12-36(56)50-39(35)58/h5-10,21-22,24,26,35,41-42H,11-20,25H2,1-4H3,(H,51,57)(H,50,56,58)/t35?,41-,42-. The maximum atomic E-state index is 15.6. The summed E-state index contributed by atoms with van der Waals surface area (Å²) in [6, 6.07) is 14.9. The number of imide groups is 1. The van der Waals surface area contributed by atoms with Crippen LogP contribution in [0.5, 0.6) is 5.75 Å². The molecular weight excluding hydrogens is 789 g/mol. The maximum Gasteiger partial charge on any atom is 0.275 e. The van der Waals surface area contributed by atoms with Crippen molar-refractivity contribution in [2.45, 2.75) is 71.6 Å². The Morgan fingerprint density at radius 1 is 0.967 bits per heavy atom. The number of carbonyl (C=O) groups excluding carboxylic acids is 3. The number of nitriles is 1. The van der Waals surface area contributed by atoms with Gasteiger partial charge in [0.05, 0.1) is 27.9 Å². The van der Waals surface area contributed by atoms with Crippen LogP contribution in [0.25, 0.3) is 10.8 Å². The number of benzene rings is 2. The minimum absolute atomic E-state index is 0.0218. The van der Waals surface area contributed by atoms with Gasteiger partial charge in [-0.15, -0.1) is 0 Å². The van der Waals surface area contributed by atoms with Gasteiger partial charge in [-0.1, -0.05) is 39.3 Å². The van der Waals surface area contributed by atoms with Crippen molar-refractivity contribution < 1.29 is 23.5 Å². The number of amides is 3. The molecule has 4 aromatic rings. The molecule has 0 bridgehead atoms. The number of aromatic nitrogens is 3. The van der Waals surface area contributed by atoms with Gasteiger partial charge >= 0.3 is 0 Å². The molecule has 3 aliphatic heterocycles. The third-order valence-corrected chi connectivity index (χ3v) is 13.3. The minimum atomic E-state index is -0.801. The fraction of sp³-hybridized carbons (Fsp3) is 0.477. The van der Waals surface area contributed by atoms with Gasteiger partial charge in [0.25, 0.3) is 17.4 Å². The second-order valence-corrected chi connectivity index (χ2v) is 18.1. The summed E-state index contributed by atoms with van der Waals surface area (Å²) in [6.07, 6.45) is 3.59. The first-order valence-corrected chi connectivity index (χ1v) is 20.9. The van der Waals surface area contributed by atoms with Gasteiger partial charge in [-0.05, 0) is 67.6 Å².